The summed E-state index contributed by atoms with van der Waals surface area (Å²) in [6.45, 7) is 2.58. The number of ether oxygens (including phenoxy) is 1. The zero-order valence-electron chi connectivity index (χ0n) is 11.7. The van der Waals surface area contributed by atoms with Gasteiger partial charge in [-0.05, 0) is 5.56 Å². The Morgan fingerprint density at radius 3 is 2.40 bits per heavy atom. The number of nitrogens with zero attached hydrogens (tertiary/aromatic N) is 2. The highest BCUT2D eigenvalue weighted by Gasteiger charge is 2.25. The van der Waals surface area contributed by atoms with E-state index in [0.717, 1.165) is 5.56 Å². The molecular weight excluding hydrogens is 254 g/mol. The Morgan fingerprint density at radius 1 is 1.20 bits per heavy atom. The molecule has 1 atom stereocenters. The summed E-state index contributed by atoms with van der Waals surface area (Å²) >= 11 is 0. The Labute approximate surface area is 118 Å². The van der Waals surface area contributed by atoms with Gasteiger partial charge in [-0.1, -0.05) is 37.3 Å². The molecule has 2 rings (SSSR count). The monoisotopic (exact) mass is 273 g/mol. The van der Waals surface area contributed by atoms with Crippen LogP contribution in [-0.2, 0) is 5.41 Å². The Hall–Kier alpha value is -2.14. The first kappa shape index (κ1) is 14.3. The van der Waals surface area contributed by atoms with E-state index in [9.17, 15) is 5.11 Å². The molecule has 0 aliphatic carbocycles. The molecule has 1 aromatic carbocycles. The molecule has 0 saturated carbocycles. The third kappa shape index (κ3) is 3.24. The first-order chi connectivity index (χ1) is 9.68. The van der Waals surface area contributed by atoms with Crippen LogP contribution in [0.3, 0.4) is 0 Å². The largest absolute Gasteiger partial charge is 0.494 e. The Balaban J connectivity index is 2.06. The third-order valence-corrected chi connectivity index (χ3v) is 3.32. The third-order valence-electron chi connectivity index (χ3n) is 3.32. The van der Waals surface area contributed by atoms with Gasteiger partial charge >= 0.3 is 0 Å². The van der Waals surface area contributed by atoms with Crippen molar-refractivity contribution < 1.29 is 9.84 Å². The molecule has 5 nitrogen and oxygen atoms in total. The minimum absolute atomic E-state index is 0.0418. The Bertz CT molecular complexity index is 531. The molecular formula is C15H19N3O2. The van der Waals surface area contributed by atoms with E-state index in [-0.39, 0.29) is 12.0 Å². The van der Waals surface area contributed by atoms with Crippen molar-refractivity contribution >= 4 is 5.95 Å². The summed E-state index contributed by atoms with van der Waals surface area (Å²) in [4.78, 5) is 8.30. The fraction of sp³-hybridized carbons (Fsp3) is 0.333. The van der Waals surface area contributed by atoms with E-state index in [1.54, 1.807) is 19.5 Å². The number of aromatic nitrogens is 2. The number of anilines is 1. The van der Waals surface area contributed by atoms with Crippen molar-refractivity contribution in [2.75, 3.05) is 25.6 Å². The number of aliphatic hydroxyl groups excluding tert-OH is 1. The molecule has 2 N–H and O–H groups in total. The highest BCUT2D eigenvalue weighted by atomic mass is 16.5. The number of methoxy groups -OCH3 is 1. The summed E-state index contributed by atoms with van der Waals surface area (Å²) in [6, 6.07) is 9.90. The van der Waals surface area contributed by atoms with Crippen molar-refractivity contribution in [3.63, 3.8) is 0 Å². The number of nitrogens with one attached hydrogen (secondary N) is 1. The standard InChI is InChI=1S/C15H19N3O2/c1-15(11-19,12-6-4-3-5-7-12)10-18-14-16-8-13(20-2)9-17-14/h3-9,19H,10-11H2,1-2H3,(H,16,17,18). The molecule has 2 aromatic rings. The van der Waals surface area contributed by atoms with Gasteiger partial charge in [0.05, 0.1) is 26.1 Å². The van der Waals surface area contributed by atoms with Gasteiger partial charge in [0.15, 0.2) is 5.75 Å². The number of hydrogen-bond acceptors (Lipinski definition) is 5. The average Bonchev–Trinajstić information content (AvgIpc) is 2.54. The van der Waals surface area contributed by atoms with Crippen molar-refractivity contribution in [3.8, 4) is 5.75 Å². The molecule has 106 valence electrons. The second-order valence-corrected chi connectivity index (χ2v) is 4.88. The maximum Gasteiger partial charge on any atom is 0.222 e. The van der Waals surface area contributed by atoms with Gasteiger partial charge in [0.2, 0.25) is 5.95 Å². The average molecular weight is 273 g/mol. The van der Waals surface area contributed by atoms with E-state index >= 15 is 0 Å². The van der Waals surface area contributed by atoms with Gasteiger partial charge < -0.3 is 15.2 Å². The number of aliphatic hydroxyl groups is 1. The highest BCUT2D eigenvalue weighted by molar-refractivity contribution is 5.32. The van der Waals surface area contributed by atoms with Crippen LogP contribution < -0.4 is 10.1 Å². The van der Waals surface area contributed by atoms with Crippen LogP contribution in [0.25, 0.3) is 0 Å². The summed E-state index contributed by atoms with van der Waals surface area (Å²) in [7, 11) is 1.57. The van der Waals surface area contributed by atoms with Gasteiger partial charge in [0.1, 0.15) is 0 Å². The van der Waals surface area contributed by atoms with Gasteiger partial charge in [-0.15, -0.1) is 0 Å². The molecule has 0 aliphatic heterocycles. The molecule has 1 aromatic heterocycles. The van der Waals surface area contributed by atoms with Gasteiger partial charge in [-0.3, -0.25) is 0 Å². The van der Waals surface area contributed by atoms with Crippen LogP contribution in [0.1, 0.15) is 12.5 Å². The van der Waals surface area contributed by atoms with Crippen molar-refractivity contribution in [1.82, 2.24) is 9.97 Å². The summed E-state index contributed by atoms with van der Waals surface area (Å²) in [6.07, 6.45) is 3.21. The van der Waals surface area contributed by atoms with Crippen LogP contribution in [0.4, 0.5) is 5.95 Å². The van der Waals surface area contributed by atoms with E-state index in [2.05, 4.69) is 15.3 Å². The van der Waals surface area contributed by atoms with E-state index in [1.165, 1.54) is 0 Å². The molecule has 5 heteroatoms. The van der Waals surface area contributed by atoms with Gasteiger partial charge in [0, 0.05) is 12.0 Å². The Morgan fingerprint density at radius 2 is 1.85 bits per heavy atom. The first-order valence-corrected chi connectivity index (χ1v) is 6.44. The predicted molar refractivity (Wildman–Crippen MR) is 78.0 cm³/mol. The lowest BCUT2D eigenvalue weighted by atomic mass is 9.83. The minimum atomic E-state index is -0.384. The smallest absolute Gasteiger partial charge is 0.222 e. The van der Waals surface area contributed by atoms with Crippen molar-refractivity contribution in [2.45, 2.75) is 12.3 Å². The van der Waals surface area contributed by atoms with Gasteiger partial charge in [0.25, 0.3) is 0 Å². The van der Waals surface area contributed by atoms with E-state index in [4.69, 9.17) is 4.74 Å². The molecule has 0 radical (unpaired) electrons. The molecule has 20 heavy (non-hydrogen) atoms. The molecule has 0 bridgehead atoms. The molecule has 1 unspecified atom stereocenters. The SMILES string of the molecule is COc1cnc(NCC(C)(CO)c2ccccc2)nc1. The molecule has 0 amide bonds. The second kappa shape index (κ2) is 6.34. The number of benzene rings is 1. The van der Waals surface area contributed by atoms with Gasteiger partial charge in [-0.25, -0.2) is 9.97 Å². The van der Waals surface area contributed by atoms with Crippen LogP contribution >= 0.6 is 0 Å². The topological polar surface area (TPSA) is 67.3 Å². The Kier molecular flexibility index (Phi) is 4.53. The van der Waals surface area contributed by atoms with Crippen LogP contribution in [0.15, 0.2) is 42.7 Å². The van der Waals surface area contributed by atoms with E-state index < -0.39 is 0 Å². The quantitative estimate of drug-likeness (QED) is 0.840. The maximum atomic E-state index is 9.70. The summed E-state index contributed by atoms with van der Waals surface area (Å²) < 4.78 is 5.01. The van der Waals surface area contributed by atoms with Crippen molar-refractivity contribution in [2.24, 2.45) is 0 Å². The summed E-state index contributed by atoms with van der Waals surface area (Å²) in [5, 5.41) is 12.8. The maximum absolute atomic E-state index is 9.70. The fourth-order valence-corrected chi connectivity index (χ4v) is 1.88. The van der Waals surface area contributed by atoms with Crippen LogP contribution in [-0.4, -0.2) is 35.3 Å². The number of rotatable bonds is 6. The molecule has 1 heterocycles. The zero-order chi connectivity index (χ0) is 14.4. The lowest BCUT2D eigenvalue weighted by Gasteiger charge is -2.28. The first-order valence-electron chi connectivity index (χ1n) is 6.44. The van der Waals surface area contributed by atoms with Gasteiger partial charge in [-0.2, -0.15) is 0 Å². The molecule has 0 spiro atoms. The van der Waals surface area contributed by atoms with Crippen molar-refractivity contribution in [1.29, 1.82) is 0 Å². The lowest BCUT2D eigenvalue weighted by molar-refractivity contribution is 0.213. The van der Waals surface area contributed by atoms with Crippen LogP contribution in [0, 0.1) is 0 Å². The lowest BCUT2D eigenvalue weighted by Crippen LogP contribution is -2.35. The van der Waals surface area contributed by atoms with Crippen LogP contribution in [0.5, 0.6) is 5.75 Å². The minimum Gasteiger partial charge on any atom is -0.494 e. The highest BCUT2D eigenvalue weighted by Crippen LogP contribution is 2.23. The van der Waals surface area contributed by atoms with Crippen LogP contribution in [0.2, 0.25) is 0 Å². The van der Waals surface area contributed by atoms with Crippen molar-refractivity contribution in [3.05, 3.63) is 48.3 Å². The number of hydrogen-bond donors (Lipinski definition) is 2. The molecule has 0 aliphatic rings. The summed E-state index contributed by atoms with van der Waals surface area (Å²) in [5.74, 6) is 1.13. The second-order valence-electron chi connectivity index (χ2n) is 4.88. The fourth-order valence-electron chi connectivity index (χ4n) is 1.88. The van der Waals surface area contributed by atoms with E-state index in [0.29, 0.717) is 18.2 Å². The zero-order valence-corrected chi connectivity index (χ0v) is 11.7. The normalized spacial score (nSPS) is 13.6. The summed E-state index contributed by atoms with van der Waals surface area (Å²) in [5.41, 5.74) is 0.688. The molecule has 0 saturated heterocycles. The predicted octanol–water partition coefficient (Wildman–Crippen LogP) is 1.85. The molecule has 0 fully saturated rings. The van der Waals surface area contributed by atoms with E-state index in [1.807, 2.05) is 37.3 Å².